The molecule has 2 aromatic rings. The van der Waals surface area contributed by atoms with Crippen LogP contribution >= 0.6 is 15.9 Å². The van der Waals surface area contributed by atoms with Gasteiger partial charge in [-0.3, -0.25) is 4.98 Å². The third-order valence-electron chi connectivity index (χ3n) is 3.33. The van der Waals surface area contributed by atoms with E-state index in [4.69, 9.17) is 0 Å². The van der Waals surface area contributed by atoms with Crippen LogP contribution in [-0.4, -0.2) is 4.98 Å². The Morgan fingerprint density at radius 1 is 1.25 bits per heavy atom. The molecule has 0 bridgehead atoms. The molecule has 0 saturated heterocycles. The lowest BCUT2D eigenvalue weighted by atomic mass is 10.1. The molecule has 1 aromatic carbocycles. The second kappa shape index (κ2) is 6.35. The zero-order valence-corrected chi connectivity index (χ0v) is 13.5. The van der Waals surface area contributed by atoms with Gasteiger partial charge in [-0.25, -0.2) is 4.39 Å². The van der Waals surface area contributed by atoms with E-state index in [1.807, 2.05) is 0 Å². The molecular weight excluding hydrogens is 319 g/mol. The first-order valence-electron chi connectivity index (χ1n) is 6.66. The van der Waals surface area contributed by atoms with Crippen molar-refractivity contribution in [2.75, 3.05) is 5.32 Å². The second-order valence-corrected chi connectivity index (χ2v) is 5.84. The Hall–Kier alpha value is -1.42. The van der Waals surface area contributed by atoms with Crippen molar-refractivity contribution in [1.29, 1.82) is 0 Å². The summed E-state index contributed by atoms with van der Waals surface area (Å²) in [5, 5.41) is 3.52. The number of rotatable bonds is 4. The monoisotopic (exact) mass is 336 g/mol. The molecule has 1 N–H and O–H groups in total. The Labute approximate surface area is 127 Å². The van der Waals surface area contributed by atoms with Gasteiger partial charge in [-0.05, 0) is 55.7 Å². The van der Waals surface area contributed by atoms with Gasteiger partial charge in [0, 0.05) is 10.2 Å². The molecule has 0 spiro atoms. The molecule has 106 valence electrons. The molecule has 20 heavy (non-hydrogen) atoms. The van der Waals surface area contributed by atoms with E-state index in [1.165, 1.54) is 23.4 Å². The first-order valence-corrected chi connectivity index (χ1v) is 7.45. The molecule has 1 heterocycles. The van der Waals surface area contributed by atoms with E-state index in [0.717, 1.165) is 22.3 Å². The van der Waals surface area contributed by atoms with Crippen molar-refractivity contribution in [2.24, 2.45) is 0 Å². The number of aromatic nitrogens is 1. The number of hydrogen-bond acceptors (Lipinski definition) is 2. The molecule has 0 radical (unpaired) electrons. The highest BCUT2D eigenvalue weighted by Gasteiger charge is 2.13. The number of benzene rings is 1. The van der Waals surface area contributed by atoms with Crippen molar-refractivity contribution in [3.63, 3.8) is 0 Å². The van der Waals surface area contributed by atoms with Gasteiger partial charge < -0.3 is 5.32 Å². The predicted molar refractivity (Wildman–Crippen MR) is 84.5 cm³/mol. The Morgan fingerprint density at radius 3 is 2.40 bits per heavy atom. The van der Waals surface area contributed by atoms with Crippen LogP contribution in [0.3, 0.4) is 0 Å². The summed E-state index contributed by atoms with van der Waals surface area (Å²) in [7, 11) is 0. The maximum Gasteiger partial charge on any atom is 0.141 e. The first kappa shape index (κ1) is 15.0. The van der Waals surface area contributed by atoms with Crippen LogP contribution in [0.4, 0.5) is 10.1 Å². The van der Waals surface area contributed by atoms with E-state index in [0.29, 0.717) is 0 Å². The van der Waals surface area contributed by atoms with Gasteiger partial charge in [-0.2, -0.15) is 0 Å². The zero-order valence-electron chi connectivity index (χ0n) is 11.9. The molecular formula is C16H18BrFN2. The minimum atomic E-state index is -0.306. The molecule has 1 aromatic heterocycles. The van der Waals surface area contributed by atoms with Gasteiger partial charge in [-0.15, -0.1) is 0 Å². The molecule has 0 aliphatic rings. The summed E-state index contributed by atoms with van der Waals surface area (Å²) in [6, 6.07) is 7.43. The molecule has 0 fully saturated rings. The number of nitrogens with zero attached hydrogens (tertiary/aromatic N) is 1. The number of anilines is 1. The lowest BCUT2D eigenvalue weighted by molar-refractivity contribution is 0.614. The van der Waals surface area contributed by atoms with Crippen molar-refractivity contribution in [3.05, 3.63) is 57.6 Å². The van der Waals surface area contributed by atoms with E-state index >= 15 is 0 Å². The van der Waals surface area contributed by atoms with E-state index in [2.05, 4.69) is 59.1 Å². The van der Waals surface area contributed by atoms with E-state index < -0.39 is 0 Å². The summed E-state index contributed by atoms with van der Waals surface area (Å²) < 4.78 is 14.0. The Bertz CT molecular complexity index is 573. The number of hydrogen-bond donors (Lipinski definition) is 1. The topological polar surface area (TPSA) is 24.9 Å². The normalized spacial score (nSPS) is 12.2. The average molecular weight is 337 g/mol. The van der Waals surface area contributed by atoms with E-state index in [-0.39, 0.29) is 11.9 Å². The highest BCUT2D eigenvalue weighted by Crippen LogP contribution is 2.29. The number of halogens is 2. The van der Waals surface area contributed by atoms with Crippen LogP contribution in [0.5, 0.6) is 0 Å². The summed E-state index contributed by atoms with van der Waals surface area (Å²) >= 11 is 3.50. The van der Waals surface area contributed by atoms with Crippen LogP contribution in [0.25, 0.3) is 0 Å². The van der Waals surface area contributed by atoms with Gasteiger partial charge in [0.15, 0.2) is 0 Å². The highest BCUT2D eigenvalue weighted by atomic mass is 79.9. The van der Waals surface area contributed by atoms with Crippen molar-refractivity contribution in [3.8, 4) is 0 Å². The van der Waals surface area contributed by atoms with Crippen molar-refractivity contribution >= 4 is 21.6 Å². The molecule has 2 rings (SSSR count). The molecule has 0 amide bonds. The number of pyridine rings is 1. The summed E-state index contributed by atoms with van der Waals surface area (Å²) in [5.74, 6) is -0.306. The van der Waals surface area contributed by atoms with Crippen molar-refractivity contribution in [1.82, 2.24) is 4.98 Å². The fourth-order valence-corrected chi connectivity index (χ4v) is 2.98. The standard InChI is InChI=1S/C16H18BrFN2/c1-4-14(15-6-5-13(18)9-19-15)20-16-10(2)7-12(17)8-11(16)3/h5-9,14,20H,4H2,1-3H3. The zero-order chi connectivity index (χ0) is 14.7. The fraction of sp³-hybridized carbons (Fsp3) is 0.312. The fourth-order valence-electron chi connectivity index (χ4n) is 2.29. The maximum atomic E-state index is 13.0. The first-order chi connectivity index (χ1) is 9.51. The van der Waals surface area contributed by atoms with Crippen LogP contribution in [0.2, 0.25) is 0 Å². The largest absolute Gasteiger partial charge is 0.376 e. The van der Waals surface area contributed by atoms with Crippen LogP contribution < -0.4 is 5.32 Å². The van der Waals surface area contributed by atoms with Gasteiger partial charge in [0.2, 0.25) is 0 Å². The summed E-state index contributed by atoms with van der Waals surface area (Å²) in [6.07, 6.45) is 2.15. The van der Waals surface area contributed by atoms with Crippen LogP contribution in [0.15, 0.2) is 34.9 Å². The van der Waals surface area contributed by atoms with Crippen LogP contribution in [0, 0.1) is 19.7 Å². The van der Waals surface area contributed by atoms with E-state index in [9.17, 15) is 4.39 Å². The molecule has 0 saturated carbocycles. The molecule has 0 aliphatic heterocycles. The molecule has 1 atom stereocenters. The lowest BCUT2D eigenvalue weighted by Gasteiger charge is -2.21. The molecule has 0 aliphatic carbocycles. The highest BCUT2D eigenvalue weighted by molar-refractivity contribution is 9.10. The second-order valence-electron chi connectivity index (χ2n) is 4.92. The van der Waals surface area contributed by atoms with Gasteiger partial charge in [0.25, 0.3) is 0 Å². The quantitative estimate of drug-likeness (QED) is 0.833. The molecule has 1 unspecified atom stereocenters. The Morgan fingerprint density at radius 2 is 1.90 bits per heavy atom. The number of aryl methyl sites for hydroxylation is 2. The lowest BCUT2D eigenvalue weighted by Crippen LogP contribution is -2.13. The van der Waals surface area contributed by atoms with Crippen LogP contribution in [0.1, 0.15) is 36.2 Å². The predicted octanol–water partition coefficient (Wildman–Crippen LogP) is 5.16. The third-order valence-corrected chi connectivity index (χ3v) is 3.79. The average Bonchev–Trinajstić information content (AvgIpc) is 2.39. The molecule has 2 nitrogen and oxygen atoms in total. The van der Waals surface area contributed by atoms with E-state index in [1.54, 1.807) is 6.07 Å². The Balaban J connectivity index is 2.29. The molecule has 4 heteroatoms. The minimum Gasteiger partial charge on any atom is -0.376 e. The van der Waals surface area contributed by atoms with Crippen molar-refractivity contribution in [2.45, 2.75) is 33.2 Å². The smallest absolute Gasteiger partial charge is 0.141 e. The number of nitrogens with one attached hydrogen (secondary N) is 1. The van der Waals surface area contributed by atoms with Crippen molar-refractivity contribution < 1.29 is 4.39 Å². The van der Waals surface area contributed by atoms with Gasteiger partial charge in [-0.1, -0.05) is 22.9 Å². The van der Waals surface area contributed by atoms with Gasteiger partial charge >= 0.3 is 0 Å². The van der Waals surface area contributed by atoms with Gasteiger partial charge in [0.1, 0.15) is 5.82 Å². The Kier molecular flexibility index (Phi) is 4.76. The SMILES string of the molecule is CCC(Nc1c(C)cc(Br)cc1C)c1ccc(F)cn1. The summed E-state index contributed by atoms with van der Waals surface area (Å²) in [5.41, 5.74) is 4.33. The minimum absolute atomic E-state index is 0.0779. The maximum absolute atomic E-state index is 13.0. The van der Waals surface area contributed by atoms with Crippen LogP contribution in [-0.2, 0) is 0 Å². The third kappa shape index (κ3) is 3.37. The summed E-state index contributed by atoms with van der Waals surface area (Å²) in [6.45, 7) is 6.24. The van der Waals surface area contributed by atoms with Gasteiger partial charge in [0.05, 0.1) is 17.9 Å². The summed E-state index contributed by atoms with van der Waals surface area (Å²) in [4.78, 5) is 4.18.